The number of rotatable bonds is 5. The van der Waals surface area contributed by atoms with Gasteiger partial charge in [-0.2, -0.15) is 8.78 Å². The van der Waals surface area contributed by atoms with Crippen LogP contribution in [-0.4, -0.2) is 24.1 Å². The van der Waals surface area contributed by atoms with Gasteiger partial charge >= 0.3 is 17.9 Å². The number of fused-ring (bicyclic) bond motifs is 2. The second-order valence-corrected chi connectivity index (χ2v) is 9.23. The van der Waals surface area contributed by atoms with E-state index in [0.717, 1.165) is 27.5 Å². The van der Waals surface area contributed by atoms with Crippen LogP contribution in [0.2, 0.25) is 0 Å². The Bertz CT molecular complexity index is 1150. The zero-order valence-corrected chi connectivity index (χ0v) is 17.8. The summed E-state index contributed by atoms with van der Waals surface area (Å²) in [6, 6.07) is 17.3. The monoisotopic (exact) mass is 454 g/mol. The molecule has 3 aromatic rings. The van der Waals surface area contributed by atoms with E-state index in [0.29, 0.717) is 12.0 Å². The van der Waals surface area contributed by atoms with Gasteiger partial charge in [0.2, 0.25) is 0 Å². The predicted octanol–water partition coefficient (Wildman–Crippen LogP) is 5.73. The topological polar surface area (TPSA) is 52.6 Å². The zero-order chi connectivity index (χ0) is 22.3. The van der Waals surface area contributed by atoms with Crippen LogP contribution in [0.25, 0.3) is 10.1 Å². The molecular formula is C25H20F2O4S. The van der Waals surface area contributed by atoms with Gasteiger partial charge in [0.25, 0.3) is 0 Å². The van der Waals surface area contributed by atoms with Crippen LogP contribution in [0.3, 0.4) is 0 Å². The summed E-state index contributed by atoms with van der Waals surface area (Å²) in [5.74, 6) is -4.86. The van der Waals surface area contributed by atoms with Crippen LogP contribution in [0.5, 0.6) is 0 Å². The van der Waals surface area contributed by atoms with Crippen molar-refractivity contribution in [1.29, 1.82) is 0 Å². The Morgan fingerprint density at radius 2 is 1.88 bits per heavy atom. The number of carbonyl (C=O) groups excluding carboxylic acids is 2. The lowest BCUT2D eigenvalue weighted by molar-refractivity contribution is -0.141. The number of halogens is 2. The number of alkyl halides is 2. The molecule has 1 saturated heterocycles. The number of hydrogen-bond donors (Lipinski definition) is 0. The maximum Gasteiger partial charge on any atom is 0.338 e. The molecule has 2 fully saturated rings. The van der Waals surface area contributed by atoms with Crippen LogP contribution in [0, 0.1) is 11.8 Å². The number of allylic oxidation sites excluding steroid dienone is 1. The molecule has 1 aromatic heterocycles. The fraction of sp³-hybridized carbons (Fsp3) is 0.280. The largest absolute Gasteiger partial charge is 0.462 e. The summed E-state index contributed by atoms with van der Waals surface area (Å²) >= 11 is 1.05. The van der Waals surface area contributed by atoms with Gasteiger partial charge in [0.15, 0.2) is 0 Å². The standard InChI is InChI=1S/C25H20F2O4S/c26-25(27,22-12-16-8-4-5-9-21(16)32-22)11-10-17-18-13-23(28)30-20(18)14-19(17)31-24(29)15-6-2-1-3-7-15/h1-12,17-20H,13-14H2/t17-,18-,19-,20+/m1/s1. The van der Waals surface area contributed by atoms with E-state index >= 15 is 8.78 Å². The number of carbonyl (C=O) groups is 2. The minimum Gasteiger partial charge on any atom is -0.462 e. The molecule has 7 heteroatoms. The molecule has 1 saturated carbocycles. The first-order valence-corrected chi connectivity index (χ1v) is 11.2. The highest BCUT2D eigenvalue weighted by atomic mass is 32.1. The van der Waals surface area contributed by atoms with Crippen molar-refractivity contribution in [3.8, 4) is 0 Å². The highest BCUT2D eigenvalue weighted by Crippen LogP contribution is 2.45. The molecule has 164 valence electrons. The minimum atomic E-state index is -3.18. The van der Waals surface area contributed by atoms with Crippen molar-refractivity contribution in [3.05, 3.63) is 83.3 Å². The highest BCUT2D eigenvalue weighted by molar-refractivity contribution is 7.19. The normalized spacial score (nSPS) is 25.2. The summed E-state index contributed by atoms with van der Waals surface area (Å²) in [4.78, 5) is 24.3. The Hall–Kier alpha value is -3.06. The average Bonchev–Trinajstić information content (AvgIpc) is 3.45. The molecule has 0 spiro atoms. The van der Waals surface area contributed by atoms with Crippen molar-refractivity contribution in [1.82, 2.24) is 0 Å². The van der Waals surface area contributed by atoms with Gasteiger partial charge in [-0.05, 0) is 35.7 Å². The number of benzene rings is 2. The zero-order valence-electron chi connectivity index (χ0n) is 16.9. The first-order chi connectivity index (χ1) is 15.4. The van der Waals surface area contributed by atoms with Crippen molar-refractivity contribution < 1.29 is 27.8 Å². The predicted molar refractivity (Wildman–Crippen MR) is 117 cm³/mol. The summed E-state index contributed by atoms with van der Waals surface area (Å²) in [5, 5.41) is 0.769. The van der Waals surface area contributed by atoms with E-state index in [2.05, 4.69) is 0 Å². The molecule has 0 bridgehead atoms. The maximum absolute atomic E-state index is 15.0. The summed E-state index contributed by atoms with van der Waals surface area (Å²) in [6.45, 7) is 0. The van der Waals surface area contributed by atoms with Crippen molar-refractivity contribution in [2.45, 2.75) is 31.0 Å². The van der Waals surface area contributed by atoms with Gasteiger partial charge in [0.05, 0.1) is 16.9 Å². The molecule has 32 heavy (non-hydrogen) atoms. The lowest BCUT2D eigenvalue weighted by atomic mass is 9.91. The molecule has 0 unspecified atom stereocenters. The Morgan fingerprint density at radius 3 is 2.66 bits per heavy atom. The van der Waals surface area contributed by atoms with Crippen molar-refractivity contribution in [2.75, 3.05) is 0 Å². The third kappa shape index (κ3) is 3.93. The summed E-state index contributed by atoms with van der Waals surface area (Å²) in [7, 11) is 0. The maximum atomic E-state index is 15.0. The summed E-state index contributed by atoms with van der Waals surface area (Å²) in [5.41, 5.74) is 0.389. The Balaban J connectivity index is 1.39. The quantitative estimate of drug-likeness (QED) is 0.365. The number of hydrogen-bond acceptors (Lipinski definition) is 5. The van der Waals surface area contributed by atoms with E-state index in [1.54, 1.807) is 36.4 Å². The van der Waals surface area contributed by atoms with Crippen LogP contribution >= 0.6 is 11.3 Å². The molecule has 0 radical (unpaired) electrons. The van der Waals surface area contributed by atoms with Gasteiger partial charge in [0.1, 0.15) is 12.2 Å². The second-order valence-electron chi connectivity index (χ2n) is 8.15. The van der Waals surface area contributed by atoms with E-state index in [1.165, 1.54) is 12.1 Å². The first kappa shape index (κ1) is 20.8. The number of ether oxygens (including phenoxy) is 2. The third-order valence-corrected chi connectivity index (χ3v) is 7.30. The Labute approximate surface area is 187 Å². The number of esters is 2. The van der Waals surface area contributed by atoms with Gasteiger partial charge in [0, 0.05) is 23.0 Å². The SMILES string of the molecule is O=C1C[C@@H]2[C@@H](C=CC(F)(F)c3cc4ccccc4s3)[C@H](OC(=O)c3ccccc3)C[C@@H]2O1. The van der Waals surface area contributed by atoms with Gasteiger partial charge in [-0.3, -0.25) is 4.79 Å². The van der Waals surface area contributed by atoms with E-state index in [1.807, 2.05) is 18.2 Å². The molecule has 1 aliphatic carbocycles. The molecule has 2 aliphatic rings. The Kier molecular flexibility index (Phi) is 5.29. The lowest BCUT2D eigenvalue weighted by Crippen LogP contribution is -2.25. The van der Waals surface area contributed by atoms with Crippen LogP contribution in [0.15, 0.2) is 72.8 Å². The fourth-order valence-corrected chi connectivity index (χ4v) is 5.55. The van der Waals surface area contributed by atoms with Crippen LogP contribution < -0.4 is 0 Å². The molecule has 0 N–H and O–H groups in total. The number of thiophene rings is 1. The molecule has 4 nitrogen and oxygen atoms in total. The minimum absolute atomic E-state index is 0.0546. The molecule has 5 rings (SSSR count). The molecule has 2 heterocycles. The third-order valence-electron chi connectivity index (χ3n) is 6.10. The van der Waals surface area contributed by atoms with Crippen LogP contribution in [-0.2, 0) is 20.2 Å². The van der Waals surface area contributed by atoms with E-state index < -0.39 is 30.0 Å². The van der Waals surface area contributed by atoms with Gasteiger partial charge in [-0.15, -0.1) is 11.3 Å². The van der Waals surface area contributed by atoms with Crippen molar-refractivity contribution in [3.63, 3.8) is 0 Å². The fourth-order valence-electron chi connectivity index (χ4n) is 4.53. The molecular weight excluding hydrogens is 434 g/mol. The van der Waals surface area contributed by atoms with Gasteiger partial charge in [-0.1, -0.05) is 42.5 Å². The lowest BCUT2D eigenvalue weighted by Gasteiger charge is -2.21. The average molecular weight is 454 g/mol. The summed E-state index contributed by atoms with van der Waals surface area (Å²) in [6.07, 6.45) is 1.65. The van der Waals surface area contributed by atoms with Gasteiger partial charge < -0.3 is 9.47 Å². The van der Waals surface area contributed by atoms with Crippen LogP contribution in [0.1, 0.15) is 28.1 Å². The van der Waals surface area contributed by atoms with Crippen molar-refractivity contribution >= 4 is 33.4 Å². The van der Waals surface area contributed by atoms with Crippen LogP contribution in [0.4, 0.5) is 8.78 Å². The smallest absolute Gasteiger partial charge is 0.338 e. The molecule has 0 amide bonds. The first-order valence-electron chi connectivity index (χ1n) is 10.4. The Morgan fingerprint density at radius 1 is 1.12 bits per heavy atom. The molecule has 2 aromatic carbocycles. The molecule has 1 aliphatic heterocycles. The second kappa shape index (κ2) is 8.13. The highest BCUT2D eigenvalue weighted by Gasteiger charge is 2.51. The van der Waals surface area contributed by atoms with E-state index in [4.69, 9.17) is 9.47 Å². The van der Waals surface area contributed by atoms with E-state index in [9.17, 15) is 9.59 Å². The molecule has 4 atom stereocenters. The van der Waals surface area contributed by atoms with Crippen molar-refractivity contribution in [2.24, 2.45) is 11.8 Å². The van der Waals surface area contributed by atoms with E-state index in [-0.39, 0.29) is 23.2 Å². The summed E-state index contributed by atoms with van der Waals surface area (Å²) < 4.78 is 41.9. The van der Waals surface area contributed by atoms with Gasteiger partial charge in [-0.25, -0.2) is 4.79 Å².